The molecule has 0 radical (unpaired) electrons. The van der Waals surface area contributed by atoms with Crippen molar-refractivity contribution in [1.82, 2.24) is 4.90 Å². The van der Waals surface area contributed by atoms with Gasteiger partial charge in [0.25, 0.3) is 0 Å². The van der Waals surface area contributed by atoms with Crippen molar-refractivity contribution in [2.75, 3.05) is 20.3 Å². The number of hydrogen-bond donors (Lipinski definition) is 1. The van der Waals surface area contributed by atoms with Gasteiger partial charge < -0.3 is 14.6 Å². The van der Waals surface area contributed by atoms with Crippen molar-refractivity contribution in [3.8, 4) is 0 Å². The quantitative estimate of drug-likeness (QED) is 0.901. The van der Waals surface area contributed by atoms with E-state index in [1.165, 1.54) is 12.0 Å². The van der Waals surface area contributed by atoms with Crippen LogP contribution in [-0.4, -0.2) is 42.1 Å². The summed E-state index contributed by atoms with van der Waals surface area (Å²) >= 11 is 0. The third kappa shape index (κ3) is 2.88. The largest absolute Gasteiger partial charge is 0.444 e. The fourth-order valence-corrected chi connectivity index (χ4v) is 2.35. The van der Waals surface area contributed by atoms with Crippen molar-refractivity contribution in [3.05, 3.63) is 35.9 Å². The molecule has 19 heavy (non-hydrogen) atoms. The van der Waals surface area contributed by atoms with E-state index in [9.17, 15) is 9.90 Å². The third-order valence-corrected chi connectivity index (χ3v) is 3.49. The monoisotopic (exact) mass is 265 g/mol. The first-order valence-electron chi connectivity index (χ1n) is 6.36. The molecule has 5 heteroatoms. The lowest BCUT2D eigenvalue weighted by atomic mass is 10.2. The smallest absolute Gasteiger partial charge is 0.412 e. The minimum atomic E-state index is -0.923. The molecule has 0 saturated carbocycles. The average Bonchev–Trinajstić information content (AvgIpc) is 2.90. The Kier molecular flexibility index (Phi) is 4.39. The molecule has 0 unspecified atom stereocenters. The van der Waals surface area contributed by atoms with E-state index in [-0.39, 0.29) is 13.2 Å². The molecule has 1 heterocycles. The molecular formula is C14H19NO4. The topological polar surface area (TPSA) is 59.0 Å². The van der Waals surface area contributed by atoms with E-state index in [4.69, 9.17) is 9.47 Å². The first-order valence-corrected chi connectivity index (χ1v) is 6.36. The molecule has 1 atom stereocenters. The predicted molar refractivity (Wildman–Crippen MR) is 69.4 cm³/mol. The summed E-state index contributed by atoms with van der Waals surface area (Å²) in [4.78, 5) is 13.5. The fraction of sp³-hybridized carbons (Fsp3) is 0.500. The van der Waals surface area contributed by atoms with Gasteiger partial charge in [0.2, 0.25) is 0 Å². The number of carbonyl (C=O) groups excluding carboxylic acids is 1. The lowest BCUT2D eigenvalue weighted by molar-refractivity contribution is -0.130. The third-order valence-electron chi connectivity index (χ3n) is 3.49. The van der Waals surface area contributed by atoms with Gasteiger partial charge >= 0.3 is 6.09 Å². The van der Waals surface area contributed by atoms with Crippen molar-refractivity contribution < 1.29 is 19.4 Å². The Labute approximate surface area is 112 Å². The minimum absolute atomic E-state index is 0.218. The van der Waals surface area contributed by atoms with Crippen LogP contribution >= 0.6 is 0 Å². The highest BCUT2D eigenvalue weighted by molar-refractivity contribution is 5.69. The first-order chi connectivity index (χ1) is 9.22. The Balaban J connectivity index is 1.96. The highest BCUT2D eigenvalue weighted by Crippen LogP contribution is 2.30. The number of methoxy groups -OCH3 is 1. The summed E-state index contributed by atoms with van der Waals surface area (Å²) in [6.07, 6.45) is 0.979. The van der Waals surface area contributed by atoms with Gasteiger partial charge in [-0.05, 0) is 18.4 Å². The summed E-state index contributed by atoms with van der Waals surface area (Å²) < 4.78 is 10.6. The highest BCUT2D eigenvalue weighted by Gasteiger charge is 2.44. The molecule has 1 N–H and O–H groups in total. The van der Waals surface area contributed by atoms with Crippen LogP contribution in [0.15, 0.2) is 30.3 Å². The number of likely N-dealkylation sites (tertiary alicyclic amines) is 1. The zero-order valence-corrected chi connectivity index (χ0v) is 11.0. The van der Waals surface area contributed by atoms with E-state index in [0.29, 0.717) is 13.0 Å². The van der Waals surface area contributed by atoms with Crippen LogP contribution in [0.4, 0.5) is 4.79 Å². The Morgan fingerprint density at radius 3 is 2.79 bits per heavy atom. The van der Waals surface area contributed by atoms with Gasteiger partial charge in [-0.3, -0.25) is 4.90 Å². The van der Waals surface area contributed by atoms with E-state index in [0.717, 1.165) is 12.0 Å². The van der Waals surface area contributed by atoms with Crippen molar-refractivity contribution in [2.45, 2.75) is 25.2 Å². The molecule has 1 fully saturated rings. The first kappa shape index (κ1) is 13.8. The summed E-state index contributed by atoms with van der Waals surface area (Å²) in [5.41, 5.74) is 0.00962. The summed E-state index contributed by atoms with van der Waals surface area (Å²) in [6.45, 7) is 0.549. The van der Waals surface area contributed by atoms with Gasteiger partial charge in [0.1, 0.15) is 6.61 Å². The normalized spacial score (nSPS) is 22.5. The number of benzene rings is 1. The number of ether oxygens (including phenoxy) is 2. The Morgan fingerprint density at radius 1 is 1.42 bits per heavy atom. The zero-order valence-electron chi connectivity index (χ0n) is 11.0. The molecule has 1 aromatic carbocycles. The summed E-state index contributed by atoms with van der Waals surface area (Å²) in [6, 6.07) is 9.49. The zero-order chi connectivity index (χ0) is 13.7. The molecule has 0 spiro atoms. The molecule has 1 aromatic rings. The molecule has 104 valence electrons. The predicted octanol–water partition coefficient (Wildman–Crippen LogP) is 1.75. The number of aliphatic hydroxyl groups is 1. The van der Waals surface area contributed by atoms with Crippen molar-refractivity contribution in [3.63, 3.8) is 0 Å². The number of aliphatic hydroxyl groups excluding tert-OH is 1. The molecule has 1 aliphatic rings. The van der Waals surface area contributed by atoms with E-state index < -0.39 is 11.8 Å². The van der Waals surface area contributed by atoms with Crippen molar-refractivity contribution in [1.29, 1.82) is 0 Å². The maximum atomic E-state index is 12.1. The summed E-state index contributed by atoms with van der Waals surface area (Å²) in [5, 5.41) is 9.45. The van der Waals surface area contributed by atoms with Crippen LogP contribution in [0.2, 0.25) is 0 Å². The molecule has 5 nitrogen and oxygen atoms in total. The second-order valence-electron chi connectivity index (χ2n) is 4.60. The van der Waals surface area contributed by atoms with Gasteiger partial charge in [-0.2, -0.15) is 0 Å². The van der Waals surface area contributed by atoms with Gasteiger partial charge in [-0.1, -0.05) is 30.3 Å². The number of amides is 1. The van der Waals surface area contributed by atoms with Crippen LogP contribution in [0.5, 0.6) is 0 Å². The molecule has 0 aliphatic carbocycles. The second-order valence-corrected chi connectivity index (χ2v) is 4.60. The van der Waals surface area contributed by atoms with Crippen molar-refractivity contribution >= 4 is 6.09 Å². The molecule has 2 rings (SSSR count). The second kappa shape index (κ2) is 6.04. The molecule has 1 aliphatic heterocycles. The Morgan fingerprint density at radius 2 is 2.16 bits per heavy atom. The summed E-state index contributed by atoms with van der Waals surface area (Å²) in [7, 11) is 1.50. The fourth-order valence-electron chi connectivity index (χ4n) is 2.35. The van der Waals surface area contributed by atoms with Gasteiger partial charge in [-0.15, -0.1) is 0 Å². The van der Waals surface area contributed by atoms with E-state index in [1.807, 2.05) is 30.3 Å². The molecule has 1 amide bonds. The SMILES string of the molecule is CO[C@]1(CO)CCCN1C(=O)OCc1ccccc1. The Hall–Kier alpha value is -1.59. The number of rotatable bonds is 4. The van der Waals surface area contributed by atoms with Crippen LogP contribution in [0.3, 0.4) is 0 Å². The lowest BCUT2D eigenvalue weighted by Gasteiger charge is -2.34. The number of carbonyl (C=O) groups is 1. The average molecular weight is 265 g/mol. The van der Waals surface area contributed by atoms with E-state index >= 15 is 0 Å². The standard InChI is InChI=1S/C14H19NO4/c1-18-14(11-16)8-5-9-15(14)13(17)19-10-12-6-3-2-4-7-12/h2-4,6-7,16H,5,8-11H2,1H3/t14-/m0/s1. The number of hydrogen-bond acceptors (Lipinski definition) is 4. The van der Waals surface area contributed by atoms with Gasteiger partial charge in [0.05, 0.1) is 6.61 Å². The van der Waals surface area contributed by atoms with Crippen LogP contribution in [0, 0.1) is 0 Å². The number of nitrogens with zero attached hydrogens (tertiary/aromatic N) is 1. The maximum Gasteiger partial charge on any atom is 0.412 e. The maximum absolute atomic E-state index is 12.1. The lowest BCUT2D eigenvalue weighted by Crippen LogP contribution is -2.51. The van der Waals surface area contributed by atoms with Gasteiger partial charge in [0, 0.05) is 13.7 Å². The minimum Gasteiger partial charge on any atom is -0.444 e. The highest BCUT2D eigenvalue weighted by atomic mass is 16.6. The molecular weight excluding hydrogens is 246 g/mol. The molecule has 0 bridgehead atoms. The van der Waals surface area contributed by atoms with Gasteiger partial charge in [0.15, 0.2) is 5.72 Å². The summed E-state index contributed by atoms with van der Waals surface area (Å²) in [5.74, 6) is 0. The van der Waals surface area contributed by atoms with Crippen LogP contribution < -0.4 is 0 Å². The van der Waals surface area contributed by atoms with Crippen LogP contribution in [0.1, 0.15) is 18.4 Å². The van der Waals surface area contributed by atoms with Crippen LogP contribution in [-0.2, 0) is 16.1 Å². The van der Waals surface area contributed by atoms with Crippen LogP contribution in [0.25, 0.3) is 0 Å². The Bertz CT molecular complexity index is 417. The van der Waals surface area contributed by atoms with Crippen molar-refractivity contribution in [2.24, 2.45) is 0 Å². The molecule has 0 aromatic heterocycles. The molecule has 1 saturated heterocycles. The van der Waals surface area contributed by atoms with E-state index in [2.05, 4.69) is 0 Å². The van der Waals surface area contributed by atoms with E-state index in [1.54, 1.807) is 0 Å². The van der Waals surface area contributed by atoms with Gasteiger partial charge in [-0.25, -0.2) is 4.79 Å².